The summed E-state index contributed by atoms with van der Waals surface area (Å²) in [7, 11) is 1.99. The van der Waals surface area contributed by atoms with E-state index in [1.165, 1.54) is 0 Å². The summed E-state index contributed by atoms with van der Waals surface area (Å²) in [6, 6.07) is 14.9. The fraction of sp³-hybridized carbons (Fsp3) is 0.0952. The highest BCUT2D eigenvalue weighted by atomic mass is 35.5. The van der Waals surface area contributed by atoms with E-state index in [-0.39, 0.29) is 5.91 Å². The molecule has 1 N–H and O–H groups in total. The summed E-state index contributed by atoms with van der Waals surface area (Å²) in [5.41, 5.74) is 2.51. The monoisotopic (exact) mass is 376 g/mol. The third kappa shape index (κ3) is 3.29. The lowest BCUT2D eigenvalue weighted by atomic mass is 10.1. The van der Waals surface area contributed by atoms with Crippen molar-refractivity contribution in [3.8, 4) is 11.3 Å². The topological polar surface area (TPSA) is 59.8 Å². The first-order chi connectivity index (χ1) is 13.0. The lowest BCUT2D eigenvalue weighted by Gasteiger charge is -2.09. The molecule has 4 rings (SSSR count). The van der Waals surface area contributed by atoms with E-state index in [1.807, 2.05) is 42.9 Å². The van der Waals surface area contributed by atoms with Gasteiger partial charge in [-0.2, -0.15) is 0 Å². The molecule has 0 spiro atoms. The molecule has 6 heteroatoms. The second-order valence-electron chi connectivity index (χ2n) is 6.32. The number of aromatic nitrogens is 3. The highest BCUT2D eigenvalue weighted by Gasteiger charge is 2.11. The Morgan fingerprint density at radius 3 is 2.59 bits per heavy atom. The number of aryl methyl sites for hydroxylation is 1. The number of anilines is 1. The molecule has 0 aliphatic rings. The van der Waals surface area contributed by atoms with Crippen LogP contribution in [0.4, 0.5) is 5.82 Å². The van der Waals surface area contributed by atoms with Crippen LogP contribution in [0.5, 0.6) is 0 Å². The fourth-order valence-electron chi connectivity index (χ4n) is 2.97. The summed E-state index contributed by atoms with van der Waals surface area (Å²) in [6.07, 6.45) is 3.60. The number of imidazole rings is 1. The molecule has 0 atom stereocenters. The number of halogens is 1. The largest absolute Gasteiger partial charge is 0.331 e. The average Bonchev–Trinajstić information content (AvgIpc) is 3.00. The van der Waals surface area contributed by atoms with E-state index in [2.05, 4.69) is 21.4 Å². The zero-order valence-electron chi connectivity index (χ0n) is 14.9. The van der Waals surface area contributed by atoms with Crippen LogP contribution in [0, 0.1) is 6.92 Å². The van der Waals surface area contributed by atoms with Crippen LogP contribution in [0.1, 0.15) is 16.2 Å². The van der Waals surface area contributed by atoms with E-state index in [0.29, 0.717) is 16.4 Å². The Hall–Kier alpha value is -3.18. The summed E-state index contributed by atoms with van der Waals surface area (Å²) in [5, 5.41) is 5.20. The van der Waals surface area contributed by atoms with Gasteiger partial charge in [0, 0.05) is 24.2 Å². The van der Waals surface area contributed by atoms with Crippen molar-refractivity contribution in [2.45, 2.75) is 6.92 Å². The third-order valence-corrected chi connectivity index (χ3v) is 4.93. The van der Waals surface area contributed by atoms with Gasteiger partial charge >= 0.3 is 0 Å². The Morgan fingerprint density at radius 2 is 1.85 bits per heavy atom. The lowest BCUT2D eigenvalue weighted by Crippen LogP contribution is -2.13. The van der Waals surface area contributed by atoms with Crippen LogP contribution in [0.2, 0.25) is 5.02 Å². The number of carbonyl (C=O) groups excluding carboxylic acids is 1. The Balaban J connectivity index is 1.68. The quantitative estimate of drug-likeness (QED) is 0.556. The second kappa shape index (κ2) is 6.85. The molecule has 0 aliphatic heterocycles. The van der Waals surface area contributed by atoms with Crippen molar-refractivity contribution < 1.29 is 4.79 Å². The van der Waals surface area contributed by atoms with Crippen molar-refractivity contribution in [2.24, 2.45) is 7.05 Å². The standard InChI is InChI=1S/C21H17ClN4O/c1-13-23-12-19(26(13)2)14-7-8-15-11-24-20(10-16(15)9-14)25-21(27)17-5-3-4-6-18(17)22/h3-12H,1-2H3,(H,24,25,27). The zero-order chi connectivity index (χ0) is 19.0. The molecule has 0 aliphatic carbocycles. The molecule has 0 saturated heterocycles. The Labute approximate surface area is 161 Å². The first-order valence-corrected chi connectivity index (χ1v) is 8.85. The number of nitrogens with one attached hydrogen (secondary N) is 1. The Bertz CT molecular complexity index is 1170. The van der Waals surface area contributed by atoms with Crippen molar-refractivity contribution in [3.63, 3.8) is 0 Å². The van der Waals surface area contributed by atoms with Gasteiger partial charge < -0.3 is 9.88 Å². The maximum atomic E-state index is 12.5. The van der Waals surface area contributed by atoms with E-state index in [0.717, 1.165) is 27.9 Å². The lowest BCUT2D eigenvalue weighted by molar-refractivity contribution is 0.102. The van der Waals surface area contributed by atoms with E-state index < -0.39 is 0 Å². The molecule has 1 amide bonds. The smallest absolute Gasteiger partial charge is 0.258 e. The van der Waals surface area contributed by atoms with Gasteiger partial charge in [-0.3, -0.25) is 4.79 Å². The molecule has 2 aromatic carbocycles. The molecule has 4 aromatic rings. The predicted octanol–water partition coefficient (Wildman–Crippen LogP) is 4.85. The van der Waals surface area contributed by atoms with Gasteiger partial charge in [-0.1, -0.05) is 35.9 Å². The molecule has 0 radical (unpaired) electrons. The number of benzene rings is 2. The van der Waals surface area contributed by atoms with Crippen LogP contribution in [-0.2, 0) is 7.05 Å². The van der Waals surface area contributed by atoms with E-state index in [4.69, 9.17) is 11.6 Å². The molecule has 134 valence electrons. The molecule has 0 fully saturated rings. The molecule has 2 aromatic heterocycles. The zero-order valence-corrected chi connectivity index (χ0v) is 15.7. The van der Waals surface area contributed by atoms with E-state index in [1.54, 1.807) is 30.5 Å². The number of carbonyl (C=O) groups is 1. The highest BCUT2D eigenvalue weighted by molar-refractivity contribution is 6.34. The summed E-state index contributed by atoms with van der Waals surface area (Å²) < 4.78 is 2.04. The summed E-state index contributed by atoms with van der Waals surface area (Å²) >= 11 is 6.10. The number of pyridine rings is 1. The molecule has 27 heavy (non-hydrogen) atoms. The number of hydrogen-bond donors (Lipinski definition) is 1. The van der Waals surface area contributed by atoms with Crippen molar-refractivity contribution >= 4 is 34.1 Å². The summed E-state index contributed by atoms with van der Waals surface area (Å²) in [4.78, 5) is 21.1. The maximum absolute atomic E-state index is 12.5. The first-order valence-electron chi connectivity index (χ1n) is 8.47. The van der Waals surface area contributed by atoms with Crippen LogP contribution in [0.15, 0.2) is 60.9 Å². The van der Waals surface area contributed by atoms with Crippen LogP contribution in [0.3, 0.4) is 0 Å². The molecular weight excluding hydrogens is 360 g/mol. The van der Waals surface area contributed by atoms with Gasteiger partial charge in [-0.25, -0.2) is 9.97 Å². The van der Waals surface area contributed by atoms with Gasteiger partial charge in [-0.05, 0) is 36.6 Å². The number of nitrogens with zero attached hydrogens (tertiary/aromatic N) is 3. The molecule has 0 bridgehead atoms. The number of fused-ring (bicyclic) bond motifs is 1. The third-order valence-electron chi connectivity index (χ3n) is 4.60. The first kappa shape index (κ1) is 17.2. The second-order valence-corrected chi connectivity index (χ2v) is 6.72. The van der Waals surface area contributed by atoms with Gasteiger partial charge in [0.05, 0.1) is 22.5 Å². The maximum Gasteiger partial charge on any atom is 0.258 e. The van der Waals surface area contributed by atoms with Gasteiger partial charge in [0.2, 0.25) is 0 Å². The number of amides is 1. The minimum Gasteiger partial charge on any atom is -0.331 e. The van der Waals surface area contributed by atoms with Crippen LogP contribution in [-0.4, -0.2) is 20.4 Å². The Kier molecular flexibility index (Phi) is 4.38. The van der Waals surface area contributed by atoms with Gasteiger partial charge in [0.15, 0.2) is 0 Å². The van der Waals surface area contributed by atoms with Gasteiger partial charge in [-0.15, -0.1) is 0 Å². The minimum absolute atomic E-state index is 0.286. The number of hydrogen-bond acceptors (Lipinski definition) is 3. The predicted molar refractivity (Wildman–Crippen MR) is 108 cm³/mol. The number of rotatable bonds is 3. The molecular formula is C21H17ClN4O. The summed E-state index contributed by atoms with van der Waals surface area (Å²) in [6.45, 7) is 1.97. The fourth-order valence-corrected chi connectivity index (χ4v) is 3.19. The van der Waals surface area contributed by atoms with Crippen LogP contribution >= 0.6 is 11.6 Å². The molecule has 2 heterocycles. The van der Waals surface area contributed by atoms with Crippen LogP contribution in [0.25, 0.3) is 22.0 Å². The average molecular weight is 377 g/mol. The van der Waals surface area contributed by atoms with Crippen molar-refractivity contribution in [1.82, 2.24) is 14.5 Å². The molecule has 0 saturated carbocycles. The minimum atomic E-state index is -0.286. The van der Waals surface area contributed by atoms with Crippen LogP contribution < -0.4 is 5.32 Å². The van der Waals surface area contributed by atoms with Crippen molar-refractivity contribution in [1.29, 1.82) is 0 Å². The van der Waals surface area contributed by atoms with Crippen molar-refractivity contribution in [2.75, 3.05) is 5.32 Å². The molecule has 5 nitrogen and oxygen atoms in total. The SMILES string of the molecule is Cc1ncc(-c2ccc3cnc(NC(=O)c4ccccc4Cl)cc3c2)n1C. The normalized spacial score (nSPS) is 10.9. The van der Waals surface area contributed by atoms with E-state index >= 15 is 0 Å². The van der Waals surface area contributed by atoms with E-state index in [9.17, 15) is 4.79 Å². The van der Waals surface area contributed by atoms with Gasteiger partial charge in [0.1, 0.15) is 11.6 Å². The van der Waals surface area contributed by atoms with Crippen molar-refractivity contribution in [3.05, 3.63) is 77.3 Å². The summed E-state index contributed by atoms with van der Waals surface area (Å²) in [5.74, 6) is 1.14. The van der Waals surface area contributed by atoms with Gasteiger partial charge in [0.25, 0.3) is 5.91 Å². The Morgan fingerprint density at radius 1 is 1.04 bits per heavy atom. The molecule has 0 unspecified atom stereocenters. The highest BCUT2D eigenvalue weighted by Crippen LogP contribution is 2.26.